The Bertz CT molecular complexity index is 1490. The highest BCUT2D eigenvalue weighted by Crippen LogP contribution is 2.69. The van der Waals surface area contributed by atoms with Gasteiger partial charge >= 0.3 is 16.4 Å². The molecule has 12 nitrogen and oxygen atoms in total. The molecule has 296 valence electrons. The Balaban J connectivity index is 1.03. The van der Waals surface area contributed by atoms with Crippen molar-refractivity contribution in [2.24, 2.45) is 70.0 Å². The topological polar surface area (TPSA) is 167 Å². The Morgan fingerprint density at radius 3 is 2.40 bits per heavy atom. The minimum absolute atomic E-state index is 0.00111. The van der Waals surface area contributed by atoms with E-state index in [-0.39, 0.29) is 71.2 Å². The second-order valence-corrected chi connectivity index (χ2v) is 20.4. The lowest BCUT2D eigenvalue weighted by molar-refractivity contribution is -0.578. The molecule has 2 bridgehead atoms. The highest BCUT2D eigenvalue weighted by Gasteiger charge is 2.70. The molecule has 0 radical (unpaired) electrons. The van der Waals surface area contributed by atoms with Crippen LogP contribution >= 0.6 is 0 Å². The number of carboxylic acid groups (broad SMARTS) is 1. The third-order valence-corrected chi connectivity index (χ3v) is 17.4. The number of rotatable bonds is 8. The molecule has 0 aromatic heterocycles. The number of hydrogen-bond donors (Lipinski definition) is 3. The second-order valence-electron chi connectivity index (χ2n) is 19.3. The van der Waals surface area contributed by atoms with Crippen molar-refractivity contribution in [3.63, 3.8) is 0 Å². The SMILES string of the molecule is C[C@H]1C(O[C@@H]2CC[C@@]3(C)C(CC(OS(=O)(=O)O)C4C3C[C@H](O)[C@@]3(C)C4CC[C@@H]3[C@H](C)CCC(=O)O)C2)OC2O[C@]3(C)CCC4[C@H](C)CCC1[C@@]24OO3. The molecule has 0 aromatic carbocycles. The maximum absolute atomic E-state index is 12.4. The third-order valence-electron chi connectivity index (χ3n) is 17.0. The van der Waals surface area contributed by atoms with E-state index < -0.39 is 58.0 Å². The predicted molar refractivity (Wildman–Crippen MR) is 186 cm³/mol. The van der Waals surface area contributed by atoms with Gasteiger partial charge in [-0.15, -0.1) is 0 Å². The summed E-state index contributed by atoms with van der Waals surface area (Å²) in [4.78, 5) is 23.7. The highest BCUT2D eigenvalue weighted by molar-refractivity contribution is 7.80. The minimum Gasteiger partial charge on any atom is -0.481 e. The van der Waals surface area contributed by atoms with Crippen molar-refractivity contribution in [2.75, 3.05) is 0 Å². The second kappa shape index (κ2) is 13.1. The Labute approximate surface area is 309 Å². The van der Waals surface area contributed by atoms with Crippen LogP contribution in [0.25, 0.3) is 0 Å². The van der Waals surface area contributed by atoms with E-state index in [2.05, 4.69) is 34.6 Å². The van der Waals surface area contributed by atoms with E-state index in [1.807, 2.05) is 6.92 Å². The number of carboxylic acids is 1. The fourth-order valence-electron chi connectivity index (χ4n) is 14.2. The fourth-order valence-corrected chi connectivity index (χ4v) is 14.8. The van der Waals surface area contributed by atoms with Crippen LogP contribution in [-0.2, 0) is 43.4 Å². The van der Waals surface area contributed by atoms with Crippen molar-refractivity contribution in [1.82, 2.24) is 0 Å². The zero-order valence-corrected chi connectivity index (χ0v) is 32.6. The van der Waals surface area contributed by atoms with Gasteiger partial charge in [-0.05, 0) is 136 Å². The van der Waals surface area contributed by atoms with E-state index in [9.17, 15) is 28.0 Å². The Hall–Kier alpha value is -0.900. The molecule has 3 N–H and O–H groups in total. The number of aliphatic hydroxyl groups is 1. The van der Waals surface area contributed by atoms with Crippen LogP contribution in [-0.4, -0.2) is 71.4 Å². The molecule has 0 aromatic rings. The molecule has 13 heteroatoms. The first-order chi connectivity index (χ1) is 24.4. The first kappa shape index (κ1) is 38.0. The molecule has 0 amide bonds. The van der Waals surface area contributed by atoms with E-state index in [1.54, 1.807) is 0 Å². The van der Waals surface area contributed by atoms with Crippen LogP contribution < -0.4 is 0 Å². The summed E-state index contributed by atoms with van der Waals surface area (Å²) in [6.45, 7) is 13.0. The van der Waals surface area contributed by atoms with Crippen molar-refractivity contribution in [3.05, 3.63) is 0 Å². The van der Waals surface area contributed by atoms with Crippen LogP contribution in [0.4, 0.5) is 0 Å². The summed E-state index contributed by atoms with van der Waals surface area (Å²) in [6, 6.07) is 0. The number of hydrogen-bond acceptors (Lipinski definition) is 10. The van der Waals surface area contributed by atoms with E-state index >= 15 is 0 Å². The average molecular weight is 755 g/mol. The monoisotopic (exact) mass is 754 g/mol. The maximum atomic E-state index is 12.4. The maximum Gasteiger partial charge on any atom is 0.397 e. The predicted octanol–water partition coefficient (Wildman–Crippen LogP) is 6.51. The smallest absolute Gasteiger partial charge is 0.397 e. The molecule has 9 rings (SSSR count). The van der Waals surface area contributed by atoms with Crippen LogP contribution in [0.5, 0.6) is 0 Å². The van der Waals surface area contributed by atoms with Crippen molar-refractivity contribution >= 4 is 16.4 Å². The van der Waals surface area contributed by atoms with Gasteiger partial charge in [0.25, 0.3) is 0 Å². The number of aliphatic carboxylic acids is 1. The normalized spacial score (nSPS) is 54.6. The minimum atomic E-state index is -4.74. The standard InChI is InChI=1S/C39H62O12S/c1-20(8-12-32(41)42)25-10-11-28-33-29(19-31(40)38(25,28)6)36(4)15-13-24(17-23(36)18-30(33)49-52(43,44)45)46-34-22(3)27-9-7-21(2)26-14-16-37(5)48-35(47-34)39(26,27)51-50-37/h20-31,33-35,40H,7-19H2,1-6H3,(H,41,42)(H,43,44,45)/t20-,21-,22-,23?,24-,25-,26?,27?,28?,29?,30?,31+,33?,34?,35?,36+,37+,38-,39-/m1/s1. The van der Waals surface area contributed by atoms with Crippen LogP contribution in [0.3, 0.4) is 0 Å². The van der Waals surface area contributed by atoms with Gasteiger partial charge in [0.15, 0.2) is 18.2 Å². The van der Waals surface area contributed by atoms with Crippen LogP contribution in [0.1, 0.15) is 125 Å². The zero-order valence-electron chi connectivity index (χ0n) is 31.8. The van der Waals surface area contributed by atoms with E-state index in [0.717, 1.165) is 51.4 Å². The van der Waals surface area contributed by atoms with Gasteiger partial charge in [0.2, 0.25) is 5.79 Å². The molecule has 5 aliphatic carbocycles. The summed E-state index contributed by atoms with van der Waals surface area (Å²) in [5.41, 5.74) is -1.35. The fraction of sp³-hybridized carbons (Fsp3) is 0.974. The summed E-state index contributed by atoms with van der Waals surface area (Å²) in [5, 5.41) is 21.4. The lowest BCUT2D eigenvalue weighted by atomic mass is 9.43. The quantitative estimate of drug-likeness (QED) is 0.140. The summed E-state index contributed by atoms with van der Waals surface area (Å²) < 4.78 is 60.8. The molecular formula is C39H62O12S. The van der Waals surface area contributed by atoms with Gasteiger partial charge in [0.1, 0.15) is 0 Å². The number of aliphatic hydroxyl groups excluding tert-OH is 1. The summed E-state index contributed by atoms with van der Waals surface area (Å²) in [6.07, 6.45) is 6.90. The summed E-state index contributed by atoms with van der Waals surface area (Å²) >= 11 is 0. The number of carbonyl (C=O) groups is 1. The van der Waals surface area contributed by atoms with Gasteiger partial charge in [-0.1, -0.05) is 34.6 Å². The molecule has 5 saturated carbocycles. The first-order valence-electron chi connectivity index (χ1n) is 20.3. The van der Waals surface area contributed by atoms with Gasteiger partial charge < -0.3 is 24.4 Å². The summed E-state index contributed by atoms with van der Waals surface area (Å²) in [5.74, 6) is -0.670. The lowest BCUT2D eigenvalue weighted by Gasteiger charge is -2.64. The molecule has 9 fully saturated rings. The largest absolute Gasteiger partial charge is 0.481 e. The Kier molecular flexibility index (Phi) is 9.56. The molecule has 9 unspecified atom stereocenters. The van der Waals surface area contributed by atoms with E-state index in [4.69, 9.17) is 28.2 Å². The van der Waals surface area contributed by atoms with Gasteiger partial charge in [-0.3, -0.25) is 9.35 Å². The third kappa shape index (κ3) is 5.87. The molecule has 19 atom stereocenters. The number of ether oxygens (including phenoxy) is 3. The van der Waals surface area contributed by atoms with Gasteiger partial charge in [-0.2, -0.15) is 8.42 Å². The van der Waals surface area contributed by atoms with Crippen molar-refractivity contribution in [2.45, 2.75) is 167 Å². The van der Waals surface area contributed by atoms with Gasteiger partial charge in [-0.25, -0.2) is 14.0 Å². The van der Waals surface area contributed by atoms with Crippen molar-refractivity contribution < 1.29 is 56.1 Å². The van der Waals surface area contributed by atoms with Gasteiger partial charge in [0, 0.05) is 24.7 Å². The zero-order chi connectivity index (χ0) is 37.2. The van der Waals surface area contributed by atoms with Crippen molar-refractivity contribution in [3.8, 4) is 0 Å². The molecular weight excluding hydrogens is 692 g/mol. The average Bonchev–Trinajstić information content (AvgIpc) is 3.27. The molecule has 4 saturated heterocycles. The highest BCUT2D eigenvalue weighted by atomic mass is 32.3. The molecule has 1 spiro atoms. The Morgan fingerprint density at radius 1 is 0.923 bits per heavy atom. The molecule has 9 aliphatic rings. The summed E-state index contributed by atoms with van der Waals surface area (Å²) in [7, 11) is -4.74. The van der Waals surface area contributed by atoms with E-state index in [1.165, 1.54) is 0 Å². The number of fused-ring (bicyclic) bond motifs is 7. The molecule has 52 heavy (non-hydrogen) atoms. The molecule has 4 aliphatic heterocycles. The van der Waals surface area contributed by atoms with Crippen LogP contribution in [0.15, 0.2) is 0 Å². The Morgan fingerprint density at radius 2 is 1.67 bits per heavy atom. The van der Waals surface area contributed by atoms with Crippen LogP contribution in [0, 0.1) is 70.0 Å². The first-order valence-corrected chi connectivity index (χ1v) is 21.7. The van der Waals surface area contributed by atoms with Crippen LogP contribution in [0.2, 0.25) is 0 Å². The van der Waals surface area contributed by atoms with E-state index in [0.29, 0.717) is 31.6 Å². The lowest BCUT2D eigenvalue weighted by Crippen LogP contribution is -2.70. The van der Waals surface area contributed by atoms with Gasteiger partial charge in [0.05, 0.1) is 18.3 Å². The molecule has 4 heterocycles. The van der Waals surface area contributed by atoms with Crippen molar-refractivity contribution in [1.29, 1.82) is 0 Å².